The highest BCUT2D eigenvalue weighted by atomic mass is 35.5. The molecule has 4 fully saturated rings. The minimum Gasteiger partial charge on any atom is -0.508 e. The van der Waals surface area contributed by atoms with Gasteiger partial charge in [0.1, 0.15) is 29.2 Å². The molecule has 3 amide bonds. The molecule has 4 aromatic carbocycles. The number of aliphatic hydroxyl groups is 1. The van der Waals surface area contributed by atoms with Gasteiger partial charge in [-0.3, -0.25) is 24.2 Å². The van der Waals surface area contributed by atoms with E-state index in [1.54, 1.807) is 33.3 Å². The van der Waals surface area contributed by atoms with Gasteiger partial charge in [0.15, 0.2) is 5.82 Å². The second kappa shape index (κ2) is 24.6. The van der Waals surface area contributed by atoms with Crippen LogP contribution in [0.25, 0.3) is 43.2 Å². The Hall–Kier alpha value is -6.74. The Balaban J connectivity index is 0.713. The average molecular weight is 1160 g/mol. The van der Waals surface area contributed by atoms with E-state index in [4.69, 9.17) is 26.3 Å². The molecule has 20 heteroatoms. The van der Waals surface area contributed by atoms with Gasteiger partial charge >= 0.3 is 6.01 Å². The van der Waals surface area contributed by atoms with Crippen LogP contribution in [0.2, 0.25) is 5.02 Å². The Morgan fingerprint density at radius 2 is 1.62 bits per heavy atom. The van der Waals surface area contributed by atoms with Gasteiger partial charge in [-0.05, 0) is 83.8 Å². The summed E-state index contributed by atoms with van der Waals surface area (Å²) in [5.41, 5.74) is 5.66. The second-order valence-electron chi connectivity index (χ2n) is 23.6. The van der Waals surface area contributed by atoms with E-state index in [9.17, 15) is 24.6 Å². The maximum atomic E-state index is 17.2. The van der Waals surface area contributed by atoms with Crippen molar-refractivity contribution in [3.05, 3.63) is 119 Å². The number of anilines is 1. The molecule has 0 aliphatic carbocycles. The highest BCUT2D eigenvalue weighted by molar-refractivity contribution is 7.13. The van der Waals surface area contributed by atoms with Gasteiger partial charge in [0.2, 0.25) is 17.7 Å². The van der Waals surface area contributed by atoms with Crippen molar-refractivity contribution in [1.29, 1.82) is 0 Å². The first-order chi connectivity index (χ1) is 39.2. The Labute approximate surface area is 488 Å². The van der Waals surface area contributed by atoms with Crippen LogP contribution in [0.15, 0.2) is 97.2 Å². The molecular formula is C62H75ClFN11O6S. The molecule has 0 unspecified atom stereocenters. The number of rotatable bonds is 18. The molecule has 5 atom stereocenters. The maximum absolute atomic E-state index is 17.2. The van der Waals surface area contributed by atoms with Crippen LogP contribution in [0.1, 0.15) is 58.3 Å². The molecule has 2 aromatic heterocycles. The van der Waals surface area contributed by atoms with Crippen molar-refractivity contribution in [2.75, 3.05) is 96.5 Å². The molecular weight excluding hydrogens is 1080 g/mol. The van der Waals surface area contributed by atoms with Gasteiger partial charge in [-0.2, -0.15) is 9.97 Å². The molecule has 10 rings (SSSR count). The van der Waals surface area contributed by atoms with Crippen LogP contribution >= 0.6 is 22.9 Å². The topological polar surface area (TPSA) is 183 Å². The van der Waals surface area contributed by atoms with Crippen LogP contribution in [0.5, 0.6) is 11.8 Å². The first-order valence-corrected chi connectivity index (χ1v) is 29.6. The Morgan fingerprint density at radius 1 is 0.915 bits per heavy atom. The van der Waals surface area contributed by atoms with Gasteiger partial charge in [0, 0.05) is 114 Å². The quantitative estimate of drug-likeness (QED) is 0.0610. The fourth-order valence-corrected chi connectivity index (χ4v) is 13.2. The number of nitrogens with one attached hydrogen (secondary N) is 2. The fourth-order valence-electron chi connectivity index (χ4n) is 12.1. The number of aryl methyl sites for hydroxylation is 1. The van der Waals surface area contributed by atoms with Crippen molar-refractivity contribution < 1.29 is 33.7 Å². The lowest BCUT2D eigenvalue weighted by Gasteiger charge is -2.44. The predicted octanol–water partition coefficient (Wildman–Crippen LogP) is 7.89. The monoisotopic (exact) mass is 1160 g/mol. The van der Waals surface area contributed by atoms with Crippen molar-refractivity contribution in [2.24, 2.45) is 11.3 Å². The molecule has 17 nitrogen and oxygen atoms in total. The van der Waals surface area contributed by atoms with Gasteiger partial charge in [0.05, 0.1) is 39.8 Å². The number of ether oxygens (including phenoxy) is 1. The van der Waals surface area contributed by atoms with Gasteiger partial charge in [-0.1, -0.05) is 94.1 Å². The SMILES string of the molecule is C=CC(=O)N1CCN(c2nc(O[C@H](C)CN3CCN(CC4CN(CC(=O)N[C@H](C(=O)N5C[C@H](O)C[C@H]5C(=C)N[C@@H](C)c5ccc(-c6scnc6C)cc5)C(C)(C)C)C4)CC3)nc3c(F)c(-c4cc(O)cc5ccccc45)c(Cl)cc23)CC1. The third-order valence-electron chi connectivity index (χ3n) is 16.4. The van der Waals surface area contributed by atoms with Gasteiger partial charge in [-0.25, -0.2) is 9.37 Å². The van der Waals surface area contributed by atoms with Gasteiger partial charge in [-0.15, -0.1) is 11.3 Å². The zero-order chi connectivity index (χ0) is 58.1. The summed E-state index contributed by atoms with van der Waals surface area (Å²) >= 11 is 8.58. The minimum absolute atomic E-state index is 0.0224. The third-order valence-corrected chi connectivity index (χ3v) is 17.7. The molecule has 0 radical (unpaired) electrons. The standard InChI is InChI=1S/C62H75ClFN11O6S/c1-9-53(79)73-22-24-74(25-23-73)59-49-29-50(63)54(48-27-45(76)26-44-12-10-11-13-47(44)48)55(64)56(49)68-61(69-59)81-37(2)30-70-18-20-71(21-19-70)31-41-32-72(33-41)35-52(78)67-58(62(6,7)8)60(80)75-34-46(77)28-51(75)39(4)66-38(3)42-14-16-43(17-15-42)57-40(5)65-36-82-57/h9-17,26-27,29,36-38,41,46,51,58,66,76-77H,1,4,18-25,28,30-35H2,2-3,5-8H3,(H,67,78)/t37-,38+,46-,51+,58-/m1/s1. The molecule has 0 saturated carbocycles. The van der Waals surface area contributed by atoms with Gasteiger partial charge in [0.25, 0.3) is 0 Å². The number of phenolic OH excluding ortho intramolecular Hbond substituents is 1. The summed E-state index contributed by atoms with van der Waals surface area (Å²) in [6.07, 6.45) is 0.584. The van der Waals surface area contributed by atoms with Crippen LogP contribution in [0, 0.1) is 24.1 Å². The van der Waals surface area contributed by atoms with E-state index >= 15 is 4.39 Å². The summed E-state index contributed by atoms with van der Waals surface area (Å²) in [7, 11) is 0. The first kappa shape index (κ1) is 58.5. The van der Waals surface area contributed by atoms with Crippen molar-refractivity contribution in [3.63, 3.8) is 0 Å². The van der Waals surface area contributed by atoms with E-state index in [1.165, 1.54) is 12.1 Å². The molecule has 82 heavy (non-hydrogen) atoms. The Morgan fingerprint density at radius 3 is 2.30 bits per heavy atom. The van der Waals surface area contributed by atoms with E-state index in [0.717, 1.165) is 78.3 Å². The van der Waals surface area contributed by atoms with Crippen LogP contribution in [0.3, 0.4) is 0 Å². The van der Waals surface area contributed by atoms with Gasteiger partial charge < -0.3 is 45.2 Å². The molecule has 4 aliphatic heterocycles. The Kier molecular flexibility index (Phi) is 17.5. The number of piperazine rings is 2. The number of phenols is 1. The number of amides is 3. The minimum atomic E-state index is -0.808. The highest BCUT2D eigenvalue weighted by Gasteiger charge is 2.44. The number of thiazole rings is 1. The third kappa shape index (κ3) is 12.9. The average Bonchev–Trinajstić information content (AvgIpc) is 4.19. The molecule has 4 N–H and O–H groups in total. The Bertz CT molecular complexity index is 3350. The molecule has 0 spiro atoms. The summed E-state index contributed by atoms with van der Waals surface area (Å²) in [5, 5.41) is 30.2. The zero-order valence-electron chi connectivity index (χ0n) is 47.7. The number of fused-ring (bicyclic) bond motifs is 2. The molecule has 434 valence electrons. The normalized spacial score (nSPS) is 19.7. The molecule has 0 bridgehead atoms. The largest absolute Gasteiger partial charge is 0.508 e. The summed E-state index contributed by atoms with van der Waals surface area (Å²) in [5.74, 6) is -0.424. The van der Waals surface area contributed by atoms with E-state index in [2.05, 4.69) is 74.7 Å². The van der Waals surface area contributed by atoms with Crippen LogP contribution in [-0.4, -0.2) is 183 Å². The van der Waals surface area contributed by atoms with Crippen molar-refractivity contribution >= 4 is 68.2 Å². The number of aromatic hydroxyl groups is 1. The number of nitrogens with zero attached hydrogens (tertiary/aromatic N) is 9. The van der Waals surface area contributed by atoms with Crippen LogP contribution in [-0.2, 0) is 14.4 Å². The number of aliphatic hydroxyl groups excluding tert-OH is 1. The van der Waals surface area contributed by atoms with E-state index in [1.807, 2.05) is 69.3 Å². The second-order valence-corrected chi connectivity index (χ2v) is 24.9. The zero-order valence-corrected chi connectivity index (χ0v) is 49.3. The lowest BCUT2D eigenvalue weighted by Crippen LogP contribution is -2.60. The summed E-state index contributed by atoms with van der Waals surface area (Å²) in [6.45, 7) is 28.3. The molecule has 6 heterocycles. The first-order valence-electron chi connectivity index (χ1n) is 28.4. The number of likely N-dealkylation sites (tertiary alicyclic amines) is 2. The number of benzene rings is 4. The lowest BCUT2D eigenvalue weighted by molar-refractivity contribution is -0.140. The summed E-state index contributed by atoms with van der Waals surface area (Å²) < 4.78 is 23.7. The van der Waals surface area contributed by atoms with Crippen molar-refractivity contribution in [1.82, 2.24) is 50.1 Å². The predicted molar refractivity (Wildman–Crippen MR) is 321 cm³/mol. The number of β-amino-alcohol motifs (C(OH)–C–C–N with tert-alkyl or cyclic N) is 1. The smallest absolute Gasteiger partial charge is 0.319 e. The molecule has 6 aromatic rings. The number of hydrogen-bond acceptors (Lipinski definition) is 15. The molecule has 4 saturated heterocycles. The van der Waals surface area contributed by atoms with Crippen molar-refractivity contribution in [3.8, 4) is 33.3 Å². The van der Waals surface area contributed by atoms with Crippen LogP contribution < -0.4 is 20.3 Å². The number of carbonyl (C=O) groups is 3. The van der Waals surface area contributed by atoms with E-state index in [0.29, 0.717) is 67.5 Å². The summed E-state index contributed by atoms with van der Waals surface area (Å²) in [6, 6.07) is 19.3. The number of hydrogen-bond donors (Lipinski definition) is 4. The lowest BCUT2D eigenvalue weighted by atomic mass is 9.85. The van der Waals surface area contributed by atoms with Crippen molar-refractivity contribution in [2.45, 2.75) is 78.3 Å². The molecule has 4 aliphatic rings. The van der Waals surface area contributed by atoms with E-state index in [-0.39, 0.29) is 70.8 Å². The number of aromatic nitrogens is 3. The number of halogens is 2. The van der Waals surface area contributed by atoms with Crippen LogP contribution in [0.4, 0.5) is 10.2 Å². The van der Waals surface area contributed by atoms with E-state index < -0.39 is 29.4 Å². The number of carbonyl (C=O) groups excluding carboxylic acids is 3. The summed E-state index contributed by atoms with van der Waals surface area (Å²) in [4.78, 5) is 68.0. The highest BCUT2D eigenvalue weighted by Crippen LogP contribution is 2.43. The maximum Gasteiger partial charge on any atom is 0.319 e. The fraction of sp³-hybridized carbons (Fsp3) is 0.452.